The highest BCUT2D eigenvalue weighted by atomic mass is 32.1. The minimum atomic E-state index is -0.663. The van der Waals surface area contributed by atoms with Crippen LogP contribution in [0.4, 0.5) is 4.39 Å². The first-order valence-corrected chi connectivity index (χ1v) is 12.6. The summed E-state index contributed by atoms with van der Waals surface area (Å²) in [6, 6.07) is 5.92. The van der Waals surface area contributed by atoms with E-state index in [4.69, 9.17) is 9.47 Å². The van der Waals surface area contributed by atoms with E-state index in [9.17, 15) is 19.1 Å². The molecule has 1 aliphatic heterocycles. The number of methoxy groups -OCH3 is 1. The lowest BCUT2D eigenvalue weighted by atomic mass is 10.1. The Hall–Kier alpha value is -3.15. The van der Waals surface area contributed by atoms with Crippen molar-refractivity contribution in [2.75, 3.05) is 26.9 Å². The molecule has 2 aliphatic rings. The minimum Gasteiger partial charge on any atom is -0.503 e. The molecule has 1 saturated carbocycles. The quantitative estimate of drug-likeness (QED) is 0.468. The number of nitrogens with zero attached hydrogens (tertiary/aromatic N) is 4. The molecule has 2 atom stereocenters. The van der Waals surface area contributed by atoms with E-state index >= 15 is 0 Å². The summed E-state index contributed by atoms with van der Waals surface area (Å²) in [5.74, 6) is -1.26. The molecular formula is C25H27FN4O5S. The topological polar surface area (TPSA) is 107 Å². The normalized spacial score (nSPS) is 18.4. The van der Waals surface area contributed by atoms with Gasteiger partial charge in [-0.05, 0) is 37.5 Å². The van der Waals surface area contributed by atoms with Crippen LogP contribution in [-0.2, 0) is 15.9 Å². The molecule has 1 N–H and O–H groups in total. The number of aromatic nitrogens is 3. The fraction of sp³-hybridized carbons (Fsp3) is 0.440. The molecule has 11 heteroatoms. The maximum atomic E-state index is 13.2. The molecule has 0 radical (unpaired) electrons. The number of carbonyl (C=O) groups is 1. The summed E-state index contributed by atoms with van der Waals surface area (Å²) >= 11 is 1.22. The second-order valence-electron chi connectivity index (χ2n) is 9.21. The van der Waals surface area contributed by atoms with Gasteiger partial charge in [0.2, 0.25) is 5.43 Å². The lowest BCUT2D eigenvalue weighted by Gasteiger charge is -2.36. The van der Waals surface area contributed by atoms with Gasteiger partial charge in [-0.25, -0.2) is 4.39 Å². The molecule has 0 bridgehead atoms. The van der Waals surface area contributed by atoms with Crippen molar-refractivity contribution in [2.24, 2.45) is 0 Å². The molecule has 190 valence electrons. The fourth-order valence-electron chi connectivity index (χ4n) is 4.29. The number of ether oxygens (including phenoxy) is 2. The summed E-state index contributed by atoms with van der Waals surface area (Å²) in [4.78, 5) is 28.1. The number of fused-ring (bicyclic) bond motifs is 1. The van der Waals surface area contributed by atoms with Crippen molar-refractivity contribution in [3.8, 4) is 16.3 Å². The van der Waals surface area contributed by atoms with Crippen LogP contribution >= 0.6 is 11.3 Å². The first kappa shape index (κ1) is 24.5. The number of hydrogen-bond acceptors (Lipinski definition) is 8. The van der Waals surface area contributed by atoms with Gasteiger partial charge < -0.3 is 24.0 Å². The number of hydrogen-bond donors (Lipinski definition) is 1. The molecule has 3 aromatic rings. The molecule has 9 nitrogen and oxygen atoms in total. The van der Waals surface area contributed by atoms with E-state index in [1.54, 1.807) is 34.9 Å². The fourth-order valence-corrected chi connectivity index (χ4v) is 5.17. The van der Waals surface area contributed by atoms with Crippen molar-refractivity contribution in [2.45, 2.75) is 44.4 Å². The highest BCUT2D eigenvalue weighted by Crippen LogP contribution is 2.36. The average Bonchev–Trinajstić information content (AvgIpc) is 3.61. The SMILES string of the molecule is CO[C@@H](C)COC[C@H]1CN(C2CC2)C(=O)c2c(O)c(=O)c(-c3nnc(Cc4ccc(F)cc4)s3)cn21. The predicted octanol–water partition coefficient (Wildman–Crippen LogP) is 3.01. The Bertz CT molecular complexity index is 1320. The Morgan fingerprint density at radius 1 is 1.22 bits per heavy atom. The van der Waals surface area contributed by atoms with Crippen LogP contribution in [0.5, 0.6) is 5.75 Å². The Balaban J connectivity index is 1.47. The number of aromatic hydroxyl groups is 1. The van der Waals surface area contributed by atoms with Crippen LogP contribution in [0, 0.1) is 5.82 Å². The van der Waals surface area contributed by atoms with Crippen molar-refractivity contribution >= 4 is 17.2 Å². The Labute approximate surface area is 211 Å². The molecule has 0 unspecified atom stereocenters. The zero-order valence-electron chi connectivity index (χ0n) is 20.0. The van der Waals surface area contributed by atoms with E-state index in [2.05, 4.69) is 10.2 Å². The molecule has 3 heterocycles. The highest BCUT2D eigenvalue weighted by molar-refractivity contribution is 7.14. The maximum Gasteiger partial charge on any atom is 0.274 e. The summed E-state index contributed by atoms with van der Waals surface area (Å²) < 4.78 is 26.0. The number of benzene rings is 1. The van der Waals surface area contributed by atoms with E-state index in [0.717, 1.165) is 18.4 Å². The molecule has 1 fully saturated rings. The van der Waals surface area contributed by atoms with Gasteiger partial charge in [0, 0.05) is 32.3 Å². The van der Waals surface area contributed by atoms with E-state index in [0.29, 0.717) is 29.6 Å². The molecule has 0 saturated heterocycles. The summed E-state index contributed by atoms with van der Waals surface area (Å²) in [6.45, 7) is 2.98. The molecule has 1 amide bonds. The number of pyridine rings is 1. The lowest BCUT2D eigenvalue weighted by molar-refractivity contribution is 0.000308. The molecular weight excluding hydrogens is 487 g/mol. The van der Waals surface area contributed by atoms with Crippen LogP contribution in [0.25, 0.3) is 10.6 Å². The van der Waals surface area contributed by atoms with Crippen molar-refractivity contribution in [1.82, 2.24) is 19.7 Å². The van der Waals surface area contributed by atoms with E-state index in [-0.39, 0.29) is 47.8 Å². The third-order valence-electron chi connectivity index (χ3n) is 6.49. The van der Waals surface area contributed by atoms with E-state index in [1.165, 1.54) is 23.5 Å². The van der Waals surface area contributed by atoms with Crippen LogP contribution in [0.15, 0.2) is 35.3 Å². The van der Waals surface area contributed by atoms with Crippen LogP contribution in [-0.4, -0.2) is 69.7 Å². The van der Waals surface area contributed by atoms with Gasteiger partial charge in [0.25, 0.3) is 5.91 Å². The van der Waals surface area contributed by atoms with Gasteiger partial charge in [-0.1, -0.05) is 23.5 Å². The molecule has 5 rings (SSSR count). The van der Waals surface area contributed by atoms with Crippen LogP contribution in [0.3, 0.4) is 0 Å². The first-order chi connectivity index (χ1) is 17.4. The molecule has 36 heavy (non-hydrogen) atoms. The van der Waals surface area contributed by atoms with E-state index < -0.39 is 11.2 Å². The Morgan fingerprint density at radius 3 is 2.67 bits per heavy atom. The number of halogens is 1. The largest absolute Gasteiger partial charge is 0.503 e. The monoisotopic (exact) mass is 514 g/mol. The smallest absolute Gasteiger partial charge is 0.274 e. The highest BCUT2D eigenvalue weighted by Gasteiger charge is 2.41. The zero-order chi connectivity index (χ0) is 25.4. The second kappa shape index (κ2) is 10.1. The summed E-state index contributed by atoms with van der Waals surface area (Å²) in [5.41, 5.74) is 0.343. The van der Waals surface area contributed by atoms with Crippen LogP contribution < -0.4 is 5.43 Å². The predicted molar refractivity (Wildman–Crippen MR) is 131 cm³/mol. The third-order valence-corrected chi connectivity index (χ3v) is 7.45. The molecule has 1 aliphatic carbocycles. The summed E-state index contributed by atoms with van der Waals surface area (Å²) in [5, 5.41) is 20.2. The van der Waals surface area contributed by atoms with Gasteiger partial charge >= 0.3 is 0 Å². The maximum absolute atomic E-state index is 13.2. The summed E-state index contributed by atoms with van der Waals surface area (Å²) in [7, 11) is 1.61. The van der Waals surface area contributed by atoms with Crippen LogP contribution in [0.1, 0.15) is 46.9 Å². The molecule has 1 aromatic carbocycles. The number of amides is 1. The number of carbonyl (C=O) groups excluding carboxylic acids is 1. The van der Waals surface area contributed by atoms with Gasteiger partial charge in [0.1, 0.15) is 10.8 Å². The zero-order valence-corrected chi connectivity index (χ0v) is 20.8. The number of rotatable bonds is 9. The van der Waals surface area contributed by atoms with Gasteiger partial charge in [0.05, 0.1) is 30.9 Å². The van der Waals surface area contributed by atoms with Gasteiger partial charge in [0.15, 0.2) is 16.5 Å². The minimum absolute atomic E-state index is 0.0219. The standard InChI is InChI=1S/C25H27FN4O5S/c1-14(34-2)12-35-13-18-10-30(17-7-8-17)25(33)21-23(32)22(31)19(11-29(18)21)24-28-27-20(36-24)9-15-3-5-16(26)6-4-15/h3-6,11,14,17-18,32H,7-10,12-13H2,1-2H3/t14-,18+/m0/s1. The average molecular weight is 515 g/mol. The second-order valence-corrected chi connectivity index (χ2v) is 10.3. The Kier molecular flexibility index (Phi) is 6.87. The third kappa shape index (κ3) is 4.91. The van der Waals surface area contributed by atoms with E-state index in [1.807, 2.05) is 6.92 Å². The Morgan fingerprint density at radius 2 is 1.97 bits per heavy atom. The van der Waals surface area contributed by atoms with Gasteiger partial charge in [-0.2, -0.15) is 0 Å². The molecule has 0 spiro atoms. The van der Waals surface area contributed by atoms with Gasteiger partial charge in [-0.15, -0.1) is 10.2 Å². The van der Waals surface area contributed by atoms with Gasteiger partial charge in [-0.3, -0.25) is 9.59 Å². The van der Waals surface area contributed by atoms with Crippen molar-refractivity contribution in [3.05, 3.63) is 62.8 Å². The van der Waals surface area contributed by atoms with Crippen molar-refractivity contribution in [1.29, 1.82) is 0 Å². The van der Waals surface area contributed by atoms with Crippen molar-refractivity contribution < 1.29 is 23.8 Å². The summed E-state index contributed by atoms with van der Waals surface area (Å²) in [6.07, 6.45) is 3.73. The lowest BCUT2D eigenvalue weighted by Crippen LogP contribution is -2.46. The van der Waals surface area contributed by atoms with Crippen molar-refractivity contribution in [3.63, 3.8) is 0 Å². The molecule has 2 aromatic heterocycles. The first-order valence-electron chi connectivity index (χ1n) is 11.8. The van der Waals surface area contributed by atoms with Crippen LogP contribution in [0.2, 0.25) is 0 Å².